The van der Waals surface area contributed by atoms with Crippen molar-refractivity contribution in [3.63, 3.8) is 0 Å². The molecule has 0 aromatic heterocycles. The fourth-order valence-electron chi connectivity index (χ4n) is 1.49. The predicted molar refractivity (Wildman–Crippen MR) is 69.2 cm³/mol. The van der Waals surface area contributed by atoms with E-state index in [1.54, 1.807) is 37.3 Å². The number of hydrogen-bond donors (Lipinski definition) is 1. The first-order valence-electron chi connectivity index (χ1n) is 6.11. The second-order valence-corrected chi connectivity index (χ2v) is 3.96. The lowest BCUT2D eigenvalue weighted by Crippen LogP contribution is -2.27. The fourth-order valence-corrected chi connectivity index (χ4v) is 1.49. The van der Waals surface area contributed by atoms with E-state index in [1.807, 2.05) is 0 Å². The van der Waals surface area contributed by atoms with Gasteiger partial charge in [-0.15, -0.1) is 0 Å². The van der Waals surface area contributed by atoms with E-state index in [1.165, 1.54) is 0 Å². The number of allylic oxidation sites excluding steroid dienone is 1. The van der Waals surface area contributed by atoms with Crippen LogP contribution in [0.5, 0.6) is 0 Å². The summed E-state index contributed by atoms with van der Waals surface area (Å²) in [6.45, 7) is 1.75. The number of nitrogens with one attached hydrogen (secondary N) is 1. The first kappa shape index (κ1) is 16.7. The highest BCUT2D eigenvalue weighted by molar-refractivity contribution is 5.94. The van der Waals surface area contributed by atoms with Crippen LogP contribution in [0.1, 0.15) is 18.5 Å². The lowest BCUT2D eigenvalue weighted by molar-refractivity contribution is -0.165. The van der Waals surface area contributed by atoms with E-state index >= 15 is 0 Å². The van der Waals surface area contributed by atoms with Gasteiger partial charge in [-0.25, -0.2) is 4.79 Å². The summed E-state index contributed by atoms with van der Waals surface area (Å²) in [4.78, 5) is 22.5. The highest BCUT2D eigenvalue weighted by atomic mass is 19.4. The maximum atomic E-state index is 12.1. The standard InChI is InChI=1S/C14H14F3NO3/c1-2-21-13(20)12(10-6-4-3-5-7-10)18-9-8-11(19)14(15,16)17/h3-9,12,18H,2H2,1H3/b9-8-. The molecule has 0 amide bonds. The number of carbonyl (C=O) groups is 2. The molecule has 1 rings (SSSR count). The van der Waals surface area contributed by atoms with Gasteiger partial charge in [0, 0.05) is 12.3 Å². The Kier molecular flexibility index (Phi) is 5.95. The Bertz CT molecular complexity index is 512. The van der Waals surface area contributed by atoms with Crippen molar-refractivity contribution in [1.29, 1.82) is 0 Å². The van der Waals surface area contributed by atoms with E-state index in [2.05, 4.69) is 5.32 Å². The first-order chi connectivity index (χ1) is 9.86. The molecule has 0 saturated heterocycles. The van der Waals surface area contributed by atoms with Crippen LogP contribution >= 0.6 is 0 Å². The molecule has 1 aromatic rings. The van der Waals surface area contributed by atoms with Gasteiger partial charge in [-0.1, -0.05) is 30.3 Å². The number of esters is 1. The lowest BCUT2D eigenvalue weighted by atomic mass is 10.1. The van der Waals surface area contributed by atoms with Crippen molar-refractivity contribution in [2.45, 2.75) is 19.1 Å². The van der Waals surface area contributed by atoms with Crippen LogP contribution in [0, 0.1) is 0 Å². The number of halogens is 3. The largest absolute Gasteiger partial charge is 0.464 e. The van der Waals surface area contributed by atoms with E-state index in [9.17, 15) is 22.8 Å². The maximum Gasteiger partial charge on any atom is 0.454 e. The Balaban J connectivity index is 2.82. The third-order valence-electron chi connectivity index (χ3n) is 2.43. The van der Waals surface area contributed by atoms with Gasteiger partial charge in [0.15, 0.2) is 0 Å². The molecule has 7 heteroatoms. The quantitative estimate of drug-likeness (QED) is 0.648. The van der Waals surface area contributed by atoms with Crippen molar-refractivity contribution in [1.82, 2.24) is 5.32 Å². The highest BCUT2D eigenvalue weighted by Gasteiger charge is 2.36. The number of ketones is 1. The van der Waals surface area contributed by atoms with E-state index in [0.717, 1.165) is 6.20 Å². The minimum Gasteiger partial charge on any atom is -0.464 e. The first-order valence-corrected chi connectivity index (χ1v) is 6.11. The third kappa shape index (κ3) is 5.29. The summed E-state index contributed by atoms with van der Waals surface area (Å²) in [6, 6.07) is 7.33. The van der Waals surface area contributed by atoms with Gasteiger partial charge in [0.05, 0.1) is 6.61 Å². The van der Waals surface area contributed by atoms with Crippen LogP contribution in [-0.2, 0) is 14.3 Å². The monoisotopic (exact) mass is 301 g/mol. The molecule has 0 fully saturated rings. The molecular weight excluding hydrogens is 287 g/mol. The summed E-state index contributed by atoms with van der Waals surface area (Å²) >= 11 is 0. The molecule has 1 aromatic carbocycles. The second kappa shape index (κ2) is 7.47. The number of alkyl halides is 3. The molecule has 1 unspecified atom stereocenters. The van der Waals surface area contributed by atoms with Crippen LogP contribution in [-0.4, -0.2) is 24.5 Å². The smallest absolute Gasteiger partial charge is 0.454 e. The highest BCUT2D eigenvalue weighted by Crippen LogP contribution is 2.17. The molecule has 0 bridgehead atoms. The minimum absolute atomic E-state index is 0.134. The summed E-state index contributed by atoms with van der Waals surface area (Å²) in [7, 11) is 0. The molecule has 0 radical (unpaired) electrons. The van der Waals surface area contributed by atoms with E-state index in [-0.39, 0.29) is 6.61 Å². The van der Waals surface area contributed by atoms with Gasteiger partial charge in [0.1, 0.15) is 6.04 Å². The molecule has 1 N–H and O–H groups in total. The van der Waals surface area contributed by atoms with Crippen LogP contribution in [0.4, 0.5) is 13.2 Å². The van der Waals surface area contributed by atoms with Crippen molar-refractivity contribution in [2.24, 2.45) is 0 Å². The van der Waals surface area contributed by atoms with Gasteiger partial charge >= 0.3 is 12.1 Å². The number of hydrogen-bond acceptors (Lipinski definition) is 4. The molecule has 114 valence electrons. The molecule has 1 atom stereocenters. The van der Waals surface area contributed by atoms with Crippen LogP contribution < -0.4 is 5.32 Å². The molecule has 21 heavy (non-hydrogen) atoms. The number of carbonyl (C=O) groups excluding carboxylic acids is 2. The second-order valence-electron chi connectivity index (χ2n) is 3.96. The number of benzene rings is 1. The van der Waals surface area contributed by atoms with Gasteiger partial charge in [0.25, 0.3) is 5.78 Å². The SMILES string of the molecule is CCOC(=O)C(N/C=C\C(=O)C(F)(F)F)c1ccccc1. The summed E-state index contributed by atoms with van der Waals surface area (Å²) in [6.07, 6.45) is -3.82. The van der Waals surface area contributed by atoms with Crippen LogP contribution in [0.25, 0.3) is 0 Å². The normalized spacial score (nSPS) is 13.0. The van der Waals surface area contributed by atoms with Crippen LogP contribution in [0.15, 0.2) is 42.6 Å². The molecule has 0 aliphatic heterocycles. The van der Waals surface area contributed by atoms with E-state index < -0.39 is 24.0 Å². The topological polar surface area (TPSA) is 55.4 Å². The van der Waals surface area contributed by atoms with Gasteiger partial charge in [-0.3, -0.25) is 4.79 Å². The molecule has 4 nitrogen and oxygen atoms in total. The van der Waals surface area contributed by atoms with E-state index in [4.69, 9.17) is 4.74 Å². The minimum atomic E-state index is -4.94. The number of rotatable bonds is 6. The third-order valence-corrected chi connectivity index (χ3v) is 2.43. The Labute approximate surface area is 119 Å². The average molecular weight is 301 g/mol. The van der Waals surface area contributed by atoms with Gasteiger partial charge < -0.3 is 10.1 Å². The van der Waals surface area contributed by atoms with E-state index in [0.29, 0.717) is 11.6 Å². The summed E-state index contributed by atoms with van der Waals surface area (Å²) in [5.74, 6) is -2.65. The predicted octanol–water partition coefficient (Wildman–Crippen LogP) is 2.53. The van der Waals surface area contributed by atoms with Gasteiger partial charge in [-0.05, 0) is 12.5 Å². The zero-order chi connectivity index (χ0) is 15.9. The van der Waals surface area contributed by atoms with Crippen molar-refractivity contribution >= 4 is 11.8 Å². The zero-order valence-corrected chi connectivity index (χ0v) is 11.2. The van der Waals surface area contributed by atoms with Crippen molar-refractivity contribution < 1.29 is 27.5 Å². The molecule has 0 saturated carbocycles. The zero-order valence-electron chi connectivity index (χ0n) is 11.2. The number of ether oxygens (including phenoxy) is 1. The molecule has 0 spiro atoms. The van der Waals surface area contributed by atoms with Crippen molar-refractivity contribution in [2.75, 3.05) is 6.61 Å². The average Bonchev–Trinajstić information content (AvgIpc) is 2.43. The molecule has 0 heterocycles. The van der Waals surface area contributed by atoms with Crippen molar-refractivity contribution in [3.8, 4) is 0 Å². The lowest BCUT2D eigenvalue weighted by Gasteiger charge is -2.16. The summed E-state index contributed by atoms with van der Waals surface area (Å²) in [5.41, 5.74) is 0.514. The molecule has 0 aliphatic carbocycles. The Morgan fingerprint density at radius 3 is 2.43 bits per heavy atom. The maximum absolute atomic E-state index is 12.1. The fraction of sp³-hybridized carbons (Fsp3) is 0.286. The van der Waals surface area contributed by atoms with Crippen molar-refractivity contribution in [3.05, 3.63) is 48.2 Å². The van der Waals surface area contributed by atoms with Crippen LogP contribution in [0.2, 0.25) is 0 Å². The Morgan fingerprint density at radius 1 is 1.29 bits per heavy atom. The molecule has 0 aliphatic rings. The van der Waals surface area contributed by atoms with Crippen LogP contribution in [0.3, 0.4) is 0 Å². The molecular formula is C14H14F3NO3. The Morgan fingerprint density at radius 2 is 1.90 bits per heavy atom. The summed E-state index contributed by atoms with van der Waals surface area (Å²) < 4.78 is 41.0. The van der Waals surface area contributed by atoms with Gasteiger partial charge in [0.2, 0.25) is 0 Å². The van der Waals surface area contributed by atoms with Gasteiger partial charge in [-0.2, -0.15) is 13.2 Å². The Hall–Kier alpha value is -2.31. The summed E-state index contributed by atoms with van der Waals surface area (Å²) in [5, 5.41) is 2.45.